The van der Waals surface area contributed by atoms with Crippen molar-refractivity contribution >= 4 is 5.78 Å². The minimum atomic E-state index is -0.178. The summed E-state index contributed by atoms with van der Waals surface area (Å²) in [5, 5.41) is 9.49. The fraction of sp³-hybridized carbons (Fsp3) is 0.889. The number of carbonyl (C=O) groups excluding carboxylic acids is 1. The molecule has 0 aromatic heterocycles. The molecule has 0 saturated heterocycles. The highest BCUT2D eigenvalue weighted by atomic mass is 16.3. The van der Waals surface area contributed by atoms with Crippen LogP contribution in [-0.2, 0) is 4.79 Å². The van der Waals surface area contributed by atoms with Crippen LogP contribution in [0.2, 0.25) is 0 Å². The molecule has 2 nitrogen and oxygen atoms in total. The van der Waals surface area contributed by atoms with Gasteiger partial charge in [0.1, 0.15) is 5.78 Å². The summed E-state index contributed by atoms with van der Waals surface area (Å²) in [6.07, 6.45) is 2.92. The maximum Gasteiger partial charge on any atom is 0.133 e. The van der Waals surface area contributed by atoms with Crippen molar-refractivity contribution in [3.63, 3.8) is 0 Å². The molecule has 62 valence electrons. The van der Waals surface area contributed by atoms with Gasteiger partial charge in [0, 0.05) is 5.92 Å². The van der Waals surface area contributed by atoms with Crippen molar-refractivity contribution in [3.8, 4) is 0 Å². The van der Waals surface area contributed by atoms with Crippen LogP contribution in [0, 0.1) is 17.8 Å². The zero-order valence-corrected chi connectivity index (χ0v) is 6.79. The largest absolute Gasteiger partial charge is 0.393 e. The summed E-state index contributed by atoms with van der Waals surface area (Å²) in [6.45, 7) is 1.66. The summed E-state index contributed by atoms with van der Waals surface area (Å²) in [6, 6.07) is 0. The number of Topliss-reactive ketones (excluding diaryl/α,β-unsaturated/α-hetero) is 1. The second-order valence-corrected chi connectivity index (χ2v) is 3.94. The zero-order chi connectivity index (χ0) is 8.01. The third kappa shape index (κ3) is 0.924. The van der Waals surface area contributed by atoms with Crippen LogP contribution in [0.4, 0.5) is 0 Å². The highest BCUT2D eigenvalue weighted by Gasteiger charge is 2.49. The first-order valence-corrected chi connectivity index (χ1v) is 4.38. The number of fused-ring (bicyclic) bond motifs is 2. The van der Waals surface area contributed by atoms with Crippen molar-refractivity contribution in [1.29, 1.82) is 0 Å². The lowest BCUT2D eigenvalue weighted by Crippen LogP contribution is -2.20. The number of hydrogen-bond acceptors (Lipinski definition) is 2. The molecule has 0 aromatic rings. The maximum absolute atomic E-state index is 11.1. The highest BCUT2D eigenvalue weighted by molar-refractivity contribution is 5.79. The molecule has 0 amide bonds. The monoisotopic (exact) mass is 154 g/mol. The van der Waals surface area contributed by atoms with Crippen molar-refractivity contribution < 1.29 is 9.90 Å². The number of hydrogen-bond donors (Lipinski definition) is 1. The first-order chi connectivity index (χ1) is 5.20. The van der Waals surface area contributed by atoms with Gasteiger partial charge in [-0.05, 0) is 38.0 Å². The van der Waals surface area contributed by atoms with Crippen molar-refractivity contribution in [1.82, 2.24) is 0 Å². The predicted octanol–water partition coefficient (Wildman–Crippen LogP) is 0.982. The van der Waals surface area contributed by atoms with Crippen molar-refractivity contribution in [2.75, 3.05) is 0 Å². The van der Waals surface area contributed by atoms with Gasteiger partial charge in [0.05, 0.1) is 6.10 Å². The summed E-state index contributed by atoms with van der Waals surface area (Å²) in [7, 11) is 0. The van der Waals surface area contributed by atoms with E-state index >= 15 is 0 Å². The molecule has 1 N–H and O–H groups in total. The van der Waals surface area contributed by atoms with E-state index in [-0.39, 0.29) is 17.8 Å². The Hall–Kier alpha value is -0.370. The predicted molar refractivity (Wildman–Crippen MR) is 41.0 cm³/mol. The molecule has 2 fully saturated rings. The molecule has 2 saturated carbocycles. The van der Waals surface area contributed by atoms with Crippen LogP contribution in [0.25, 0.3) is 0 Å². The number of ketones is 1. The van der Waals surface area contributed by atoms with Crippen LogP contribution < -0.4 is 0 Å². The summed E-state index contributed by atoms with van der Waals surface area (Å²) < 4.78 is 0. The van der Waals surface area contributed by atoms with E-state index in [0.29, 0.717) is 11.8 Å². The Morgan fingerprint density at radius 3 is 2.45 bits per heavy atom. The molecular formula is C9H14O2. The van der Waals surface area contributed by atoms with E-state index in [1.165, 1.54) is 0 Å². The third-order valence-electron chi connectivity index (χ3n) is 3.35. The molecular weight excluding hydrogens is 140 g/mol. The number of carbonyl (C=O) groups is 1. The Morgan fingerprint density at radius 1 is 1.45 bits per heavy atom. The summed E-state index contributed by atoms with van der Waals surface area (Å²) in [5.74, 6) is 1.30. The van der Waals surface area contributed by atoms with Gasteiger partial charge in [0.2, 0.25) is 0 Å². The standard InChI is InChI=1S/C9H14O2/c1-5(10)9-6-2-3-7(9)8(11)4-6/h6-9,11H,2-4H2,1H3/t6-,7+,8-,9?/m0/s1. The van der Waals surface area contributed by atoms with Crippen LogP contribution >= 0.6 is 0 Å². The molecule has 2 aliphatic carbocycles. The van der Waals surface area contributed by atoms with E-state index in [1.807, 2.05) is 0 Å². The average molecular weight is 154 g/mol. The minimum absolute atomic E-state index is 0.178. The number of aliphatic hydroxyl groups excluding tert-OH is 1. The molecule has 1 unspecified atom stereocenters. The van der Waals surface area contributed by atoms with Gasteiger partial charge in [0.25, 0.3) is 0 Å². The fourth-order valence-electron chi connectivity index (χ4n) is 2.93. The summed E-state index contributed by atoms with van der Waals surface area (Å²) >= 11 is 0. The van der Waals surface area contributed by atoms with Gasteiger partial charge in [-0.25, -0.2) is 0 Å². The normalized spacial score (nSPS) is 48.2. The summed E-state index contributed by atoms with van der Waals surface area (Å²) in [4.78, 5) is 11.1. The quantitative estimate of drug-likeness (QED) is 0.611. The Morgan fingerprint density at radius 2 is 2.18 bits per heavy atom. The Balaban J connectivity index is 2.19. The van der Waals surface area contributed by atoms with Crippen molar-refractivity contribution in [2.24, 2.45) is 17.8 Å². The molecule has 11 heavy (non-hydrogen) atoms. The van der Waals surface area contributed by atoms with E-state index in [4.69, 9.17) is 0 Å². The minimum Gasteiger partial charge on any atom is -0.393 e. The first kappa shape index (κ1) is 7.29. The second-order valence-electron chi connectivity index (χ2n) is 3.94. The van der Waals surface area contributed by atoms with Crippen LogP contribution in [0.3, 0.4) is 0 Å². The second kappa shape index (κ2) is 2.31. The van der Waals surface area contributed by atoms with Gasteiger partial charge in [-0.15, -0.1) is 0 Å². The summed E-state index contributed by atoms with van der Waals surface area (Å²) in [5.41, 5.74) is 0. The van der Waals surface area contributed by atoms with Crippen LogP contribution in [-0.4, -0.2) is 17.0 Å². The van der Waals surface area contributed by atoms with Gasteiger partial charge in [-0.2, -0.15) is 0 Å². The highest BCUT2D eigenvalue weighted by Crippen LogP contribution is 2.49. The van der Waals surface area contributed by atoms with Gasteiger partial charge in [0.15, 0.2) is 0 Å². The lowest BCUT2D eigenvalue weighted by Gasteiger charge is -2.15. The zero-order valence-electron chi connectivity index (χ0n) is 6.79. The molecule has 2 bridgehead atoms. The topological polar surface area (TPSA) is 37.3 Å². The Kier molecular flexibility index (Phi) is 1.53. The molecule has 2 aliphatic rings. The lowest BCUT2D eigenvalue weighted by atomic mass is 9.93. The molecule has 0 aromatic carbocycles. The molecule has 0 heterocycles. The van der Waals surface area contributed by atoms with E-state index in [2.05, 4.69) is 0 Å². The number of aliphatic hydroxyl groups is 1. The molecule has 2 rings (SSSR count). The van der Waals surface area contributed by atoms with Crippen LogP contribution in [0.5, 0.6) is 0 Å². The van der Waals surface area contributed by atoms with E-state index in [9.17, 15) is 9.90 Å². The van der Waals surface area contributed by atoms with Gasteiger partial charge >= 0.3 is 0 Å². The SMILES string of the molecule is CC(=O)C1[C@H]2CC[C@@H]1[C@@H](O)C2. The van der Waals surface area contributed by atoms with Crippen molar-refractivity contribution in [2.45, 2.75) is 32.3 Å². The van der Waals surface area contributed by atoms with E-state index in [1.54, 1.807) is 6.92 Å². The third-order valence-corrected chi connectivity index (χ3v) is 3.35. The molecule has 0 spiro atoms. The smallest absolute Gasteiger partial charge is 0.133 e. The van der Waals surface area contributed by atoms with Crippen LogP contribution in [0.1, 0.15) is 26.2 Å². The molecule has 0 aliphatic heterocycles. The lowest BCUT2D eigenvalue weighted by molar-refractivity contribution is -0.122. The fourth-order valence-corrected chi connectivity index (χ4v) is 2.93. The Bertz CT molecular complexity index is 188. The van der Waals surface area contributed by atoms with Crippen LogP contribution in [0.15, 0.2) is 0 Å². The van der Waals surface area contributed by atoms with Gasteiger partial charge < -0.3 is 5.11 Å². The first-order valence-electron chi connectivity index (χ1n) is 4.38. The Labute approximate surface area is 66.6 Å². The van der Waals surface area contributed by atoms with Crippen molar-refractivity contribution in [3.05, 3.63) is 0 Å². The van der Waals surface area contributed by atoms with E-state index < -0.39 is 0 Å². The van der Waals surface area contributed by atoms with Gasteiger partial charge in [-0.1, -0.05) is 0 Å². The maximum atomic E-state index is 11.1. The molecule has 0 radical (unpaired) electrons. The molecule has 4 atom stereocenters. The van der Waals surface area contributed by atoms with Gasteiger partial charge in [-0.3, -0.25) is 4.79 Å². The average Bonchev–Trinajstić information content (AvgIpc) is 2.41. The number of rotatable bonds is 1. The molecule has 2 heteroatoms. The van der Waals surface area contributed by atoms with E-state index in [0.717, 1.165) is 19.3 Å².